The Bertz CT molecular complexity index is 334. The molecule has 0 fully saturated rings. The van der Waals surface area contributed by atoms with Crippen molar-refractivity contribution in [3.63, 3.8) is 0 Å². The SMILES string of the molecule is COCCc1cccc(C(N)=O)c1C. The lowest BCUT2D eigenvalue weighted by Crippen LogP contribution is -2.13. The molecule has 0 aliphatic carbocycles. The van der Waals surface area contributed by atoms with Gasteiger partial charge in [-0.15, -0.1) is 0 Å². The molecule has 1 aromatic rings. The number of ether oxygens (including phenoxy) is 1. The van der Waals surface area contributed by atoms with Gasteiger partial charge < -0.3 is 10.5 Å². The van der Waals surface area contributed by atoms with E-state index in [-0.39, 0.29) is 5.91 Å². The highest BCUT2D eigenvalue weighted by molar-refractivity contribution is 5.94. The lowest BCUT2D eigenvalue weighted by atomic mass is 10.00. The number of hydrogen-bond acceptors (Lipinski definition) is 2. The summed E-state index contributed by atoms with van der Waals surface area (Å²) in [7, 11) is 1.66. The maximum Gasteiger partial charge on any atom is 0.248 e. The molecule has 0 spiro atoms. The summed E-state index contributed by atoms with van der Waals surface area (Å²) in [5.41, 5.74) is 7.91. The molecule has 0 heterocycles. The zero-order valence-electron chi connectivity index (χ0n) is 8.54. The fourth-order valence-corrected chi connectivity index (χ4v) is 1.43. The van der Waals surface area contributed by atoms with Gasteiger partial charge in [0.05, 0.1) is 6.61 Å². The maximum atomic E-state index is 11.0. The zero-order valence-corrected chi connectivity index (χ0v) is 8.54. The van der Waals surface area contributed by atoms with E-state index in [9.17, 15) is 4.79 Å². The number of amides is 1. The molecule has 1 aromatic carbocycles. The first-order chi connectivity index (χ1) is 6.66. The highest BCUT2D eigenvalue weighted by Crippen LogP contribution is 2.13. The molecule has 76 valence electrons. The van der Waals surface area contributed by atoms with E-state index in [2.05, 4.69) is 0 Å². The van der Waals surface area contributed by atoms with Crippen LogP contribution in [0.3, 0.4) is 0 Å². The van der Waals surface area contributed by atoms with Gasteiger partial charge in [0.25, 0.3) is 0 Å². The summed E-state index contributed by atoms with van der Waals surface area (Å²) in [6.45, 7) is 2.56. The fourth-order valence-electron chi connectivity index (χ4n) is 1.43. The van der Waals surface area contributed by atoms with Crippen molar-refractivity contribution in [2.24, 2.45) is 5.73 Å². The van der Waals surface area contributed by atoms with E-state index in [0.29, 0.717) is 12.2 Å². The van der Waals surface area contributed by atoms with Crippen LogP contribution in [0.2, 0.25) is 0 Å². The van der Waals surface area contributed by atoms with E-state index in [0.717, 1.165) is 17.5 Å². The van der Waals surface area contributed by atoms with Crippen molar-refractivity contribution in [2.45, 2.75) is 13.3 Å². The maximum absolute atomic E-state index is 11.0. The molecule has 0 aliphatic rings. The predicted octanol–water partition coefficient (Wildman–Crippen LogP) is 1.28. The van der Waals surface area contributed by atoms with Crippen LogP contribution in [-0.2, 0) is 11.2 Å². The van der Waals surface area contributed by atoms with Gasteiger partial charge in [-0.2, -0.15) is 0 Å². The Morgan fingerprint density at radius 2 is 2.21 bits per heavy atom. The van der Waals surface area contributed by atoms with E-state index in [1.54, 1.807) is 13.2 Å². The number of carbonyl (C=O) groups is 1. The Morgan fingerprint density at radius 1 is 1.50 bits per heavy atom. The number of hydrogen-bond donors (Lipinski definition) is 1. The third-order valence-electron chi connectivity index (χ3n) is 2.29. The van der Waals surface area contributed by atoms with Crippen molar-refractivity contribution in [1.82, 2.24) is 0 Å². The standard InChI is InChI=1S/C11H15NO2/c1-8-9(6-7-14-2)4-3-5-10(8)11(12)13/h3-5H,6-7H2,1-2H3,(H2,12,13). The molecule has 0 radical (unpaired) electrons. The second kappa shape index (κ2) is 4.77. The van der Waals surface area contributed by atoms with Gasteiger partial charge >= 0.3 is 0 Å². The second-order valence-electron chi connectivity index (χ2n) is 3.20. The molecule has 3 nitrogen and oxygen atoms in total. The van der Waals surface area contributed by atoms with Crippen molar-refractivity contribution in [1.29, 1.82) is 0 Å². The third-order valence-corrected chi connectivity index (χ3v) is 2.29. The predicted molar refractivity (Wildman–Crippen MR) is 55.3 cm³/mol. The Morgan fingerprint density at radius 3 is 2.79 bits per heavy atom. The van der Waals surface area contributed by atoms with Gasteiger partial charge in [0.2, 0.25) is 5.91 Å². The summed E-state index contributed by atoms with van der Waals surface area (Å²) in [4.78, 5) is 11.0. The molecule has 14 heavy (non-hydrogen) atoms. The average molecular weight is 193 g/mol. The van der Waals surface area contributed by atoms with Gasteiger partial charge in [0, 0.05) is 12.7 Å². The number of methoxy groups -OCH3 is 1. The molecular formula is C11H15NO2. The molecule has 2 N–H and O–H groups in total. The topological polar surface area (TPSA) is 52.3 Å². The number of benzene rings is 1. The lowest BCUT2D eigenvalue weighted by Gasteiger charge is -2.08. The first kappa shape index (κ1) is 10.7. The highest BCUT2D eigenvalue weighted by Gasteiger charge is 2.07. The van der Waals surface area contributed by atoms with Crippen molar-refractivity contribution >= 4 is 5.91 Å². The van der Waals surface area contributed by atoms with E-state index in [4.69, 9.17) is 10.5 Å². The number of primary amides is 1. The minimum absolute atomic E-state index is 0.373. The molecule has 0 saturated carbocycles. The Hall–Kier alpha value is -1.35. The van der Waals surface area contributed by atoms with Crippen LogP contribution in [0, 0.1) is 6.92 Å². The molecule has 1 amide bonds. The monoisotopic (exact) mass is 193 g/mol. The Labute approximate surface area is 83.9 Å². The van der Waals surface area contributed by atoms with Gasteiger partial charge in [-0.05, 0) is 30.5 Å². The zero-order chi connectivity index (χ0) is 10.6. The van der Waals surface area contributed by atoms with E-state index >= 15 is 0 Å². The van der Waals surface area contributed by atoms with Crippen molar-refractivity contribution in [2.75, 3.05) is 13.7 Å². The molecule has 1 rings (SSSR count). The summed E-state index contributed by atoms with van der Waals surface area (Å²) < 4.78 is 4.98. The van der Waals surface area contributed by atoms with E-state index in [1.807, 2.05) is 19.1 Å². The smallest absolute Gasteiger partial charge is 0.248 e. The lowest BCUT2D eigenvalue weighted by molar-refractivity contribution is 0.0999. The van der Waals surface area contributed by atoms with E-state index < -0.39 is 0 Å². The van der Waals surface area contributed by atoms with Gasteiger partial charge in [-0.1, -0.05) is 12.1 Å². The van der Waals surface area contributed by atoms with Gasteiger partial charge in [0.15, 0.2) is 0 Å². The Balaban J connectivity index is 2.95. The quantitative estimate of drug-likeness (QED) is 0.783. The van der Waals surface area contributed by atoms with Crippen molar-refractivity contribution < 1.29 is 9.53 Å². The number of carbonyl (C=O) groups excluding carboxylic acids is 1. The van der Waals surface area contributed by atoms with Gasteiger partial charge in [-0.3, -0.25) is 4.79 Å². The van der Waals surface area contributed by atoms with Gasteiger partial charge in [-0.25, -0.2) is 0 Å². The molecule has 0 atom stereocenters. The number of nitrogens with two attached hydrogens (primary N) is 1. The van der Waals surface area contributed by atoms with Crippen LogP contribution in [0.25, 0.3) is 0 Å². The van der Waals surface area contributed by atoms with Crippen LogP contribution < -0.4 is 5.73 Å². The molecule has 3 heteroatoms. The van der Waals surface area contributed by atoms with Crippen molar-refractivity contribution in [3.8, 4) is 0 Å². The summed E-state index contributed by atoms with van der Waals surface area (Å²) in [6, 6.07) is 5.58. The largest absolute Gasteiger partial charge is 0.384 e. The average Bonchev–Trinajstić information content (AvgIpc) is 2.16. The summed E-state index contributed by atoms with van der Waals surface area (Å²) >= 11 is 0. The Kier molecular flexibility index (Phi) is 3.65. The second-order valence-corrected chi connectivity index (χ2v) is 3.20. The van der Waals surface area contributed by atoms with Crippen LogP contribution >= 0.6 is 0 Å². The number of rotatable bonds is 4. The van der Waals surface area contributed by atoms with Crippen LogP contribution in [-0.4, -0.2) is 19.6 Å². The molecule has 0 unspecified atom stereocenters. The normalized spacial score (nSPS) is 10.1. The summed E-state index contributed by atoms with van der Waals surface area (Å²) in [6.07, 6.45) is 0.809. The molecule has 0 bridgehead atoms. The fraction of sp³-hybridized carbons (Fsp3) is 0.364. The van der Waals surface area contributed by atoms with Crippen LogP contribution in [0.4, 0.5) is 0 Å². The summed E-state index contributed by atoms with van der Waals surface area (Å²) in [5, 5.41) is 0. The highest BCUT2D eigenvalue weighted by atomic mass is 16.5. The first-order valence-corrected chi connectivity index (χ1v) is 4.54. The third kappa shape index (κ3) is 2.33. The summed E-state index contributed by atoms with van der Waals surface area (Å²) in [5.74, 6) is -0.373. The van der Waals surface area contributed by atoms with Crippen LogP contribution in [0.5, 0.6) is 0 Å². The molecule has 0 aromatic heterocycles. The van der Waals surface area contributed by atoms with Crippen LogP contribution in [0.1, 0.15) is 21.5 Å². The first-order valence-electron chi connectivity index (χ1n) is 4.54. The minimum Gasteiger partial charge on any atom is -0.384 e. The van der Waals surface area contributed by atoms with Gasteiger partial charge in [0.1, 0.15) is 0 Å². The van der Waals surface area contributed by atoms with Crippen LogP contribution in [0.15, 0.2) is 18.2 Å². The molecule has 0 saturated heterocycles. The molecular weight excluding hydrogens is 178 g/mol. The van der Waals surface area contributed by atoms with Crippen molar-refractivity contribution in [3.05, 3.63) is 34.9 Å². The van der Waals surface area contributed by atoms with E-state index in [1.165, 1.54) is 0 Å². The minimum atomic E-state index is -0.373. The molecule has 0 aliphatic heterocycles.